The molecule has 132 valence electrons. The van der Waals surface area contributed by atoms with Gasteiger partial charge in [-0.25, -0.2) is 4.98 Å². The van der Waals surface area contributed by atoms with E-state index in [1.807, 2.05) is 19.1 Å². The number of nitrogens with one attached hydrogen (secondary N) is 2. The van der Waals surface area contributed by atoms with Gasteiger partial charge < -0.3 is 20.3 Å². The number of carbonyl (C=O) groups is 1. The Kier molecular flexibility index (Phi) is 5.85. The zero-order valence-corrected chi connectivity index (χ0v) is 14.5. The quantitative estimate of drug-likeness (QED) is 0.846. The van der Waals surface area contributed by atoms with E-state index in [0.717, 1.165) is 38.4 Å². The van der Waals surface area contributed by atoms with Crippen LogP contribution in [-0.2, 0) is 4.74 Å². The van der Waals surface area contributed by atoms with Crippen molar-refractivity contribution < 1.29 is 9.53 Å². The minimum absolute atomic E-state index is 0.0741. The molecule has 6 heteroatoms. The summed E-state index contributed by atoms with van der Waals surface area (Å²) in [6.45, 7) is 6.09. The molecule has 0 spiro atoms. The average molecular weight is 340 g/mol. The normalized spacial score (nSPS) is 14.2. The summed E-state index contributed by atoms with van der Waals surface area (Å²) in [6, 6.07) is 11.7. The molecule has 3 rings (SSSR count). The third-order valence-corrected chi connectivity index (χ3v) is 4.07. The minimum atomic E-state index is -0.0741. The number of hydrogen-bond acceptors (Lipinski definition) is 5. The van der Waals surface area contributed by atoms with Gasteiger partial charge in [0.2, 0.25) is 0 Å². The Hall–Kier alpha value is -2.60. The van der Waals surface area contributed by atoms with Gasteiger partial charge in [0.25, 0.3) is 5.91 Å². The number of morpholine rings is 1. The Morgan fingerprint density at radius 3 is 2.68 bits per heavy atom. The molecule has 1 amide bonds. The number of anilines is 3. The van der Waals surface area contributed by atoms with Crippen molar-refractivity contribution >= 4 is 23.1 Å². The van der Waals surface area contributed by atoms with Crippen molar-refractivity contribution in [3.8, 4) is 0 Å². The van der Waals surface area contributed by atoms with Crippen LogP contribution in [0.2, 0.25) is 0 Å². The van der Waals surface area contributed by atoms with E-state index in [9.17, 15) is 4.79 Å². The highest BCUT2D eigenvalue weighted by Gasteiger charge is 2.11. The molecule has 25 heavy (non-hydrogen) atoms. The molecule has 2 N–H and O–H groups in total. The number of carbonyl (C=O) groups excluding carboxylic acids is 1. The first-order valence-electron chi connectivity index (χ1n) is 8.70. The highest BCUT2D eigenvalue weighted by molar-refractivity contribution is 5.94. The Bertz CT molecular complexity index is 697. The Morgan fingerprint density at radius 2 is 1.96 bits per heavy atom. The van der Waals surface area contributed by atoms with Crippen LogP contribution in [0, 0.1) is 0 Å². The number of amides is 1. The predicted molar refractivity (Wildman–Crippen MR) is 99.6 cm³/mol. The number of pyridine rings is 1. The summed E-state index contributed by atoms with van der Waals surface area (Å²) in [5, 5.41) is 6.12. The van der Waals surface area contributed by atoms with E-state index in [4.69, 9.17) is 4.74 Å². The van der Waals surface area contributed by atoms with Crippen molar-refractivity contribution in [1.82, 2.24) is 10.3 Å². The van der Waals surface area contributed by atoms with E-state index >= 15 is 0 Å². The fraction of sp³-hybridized carbons (Fsp3) is 0.368. The minimum Gasteiger partial charge on any atom is -0.378 e. The summed E-state index contributed by atoms with van der Waals surface area (Å²) in [5.74, 6) is 0.582. The van der Waals surface area contributed by atoms with Crippen molar-refractivity contribution in [2.45, 2.75) is 13.3 Å². The first-order chi connectivity index (χ1) is 12.3. The molecular weight excluding hydrogens is 316 g/mol. The molecule has 0 saturated carbocycles. The van der Waals surface area contributed by atoms with Crippen LogP contribution in [0.15, 0.2) is 42.6 Å². The molecule has 0 bridgehead atoms. The molecule has 1 aliphatic rings. The molecule has 6 nitrogen and oxygen atoms in total. The molecule has 1 aromatic carbocycles. The third-order valence-electron chi connectivity index (χ3n) is 4.07. The van der Waals surface area contributed by atoms with Crippen LogP contribution >= 0.6 is 0 Å². The van der Waals surface area contributed by atoms with Crippen molar-refractivity contribution in [1.29, 1.82) is 0 Å². The highest BCUT2D eigenvalue weighted by Crippen LogP contribution is 2.21. The third kappa shape index (κ3) is 4.70. The SMILES string of the molecule is CCCNC(=O)c1ccnc(Nc2ccc(N3CCOCC3)cc2)c1. The van der Waals surface area contributed by atoms with Crippen LogP contribution in [0.25, 0.3) is 0 Å². The number of aromatic nitrogens is 1. The summed E-state index contributed by atoms with van der Waals surface area (Å²) in [7, 11) is 0. The van der Waals surface area contributed by atoms with E-state index in [1.54, 1.807) is 18.3 Å². The maximum Gasteiger partial charge on any atom is 0.251 e. The standard InChI is InChI=1S/C19H24N4O2/c1-2-8-21-19(24)15-7-9-20-18(14-15)22-16-3-5-17(6-4-16)23-10-12-25-13-11-23/h3-7,9,14H,2,8,10-13H2,1H3,(H,20,22)(H,21,24). The first kappa shape index (κ1) is 17.2. The van der Waals surface area contributed by atoms with Gasteiger partial charge in [-0.05, 0) is 42.8 Å². The van der Waals surface area contributed by atoms with Crippen LogP contribution in [0.1, 0.15) is 23.7 Å². The second-order valence-electron chi connectivity index (χ2n) is 5.96. The van der Waals surface area contributed by atoms with Crippen LogP contribution in [0.3, 0.4) is 0 Å². The van der Waals surface area contributed by atoms with Gasteiger partial charge >= 0.3 is 0 Å². The van der Waals surface area contributed by atoms with E-state index in [0.29, 0.717) is 17.9 Å². The maximum atomic E-state index is 12.0. The van der Waals surface area contributed by atoms with Crippen LogP contribution in [-0.4, -0.2) is 43.7 Å². The van der Waals surface area contributed by atoms with E-state index in [2.05, 4.69) is 32.7 Å². The number of benzene rings is 1. The number of ether oxygens (including phenoxy) is 1. The summed E-state index contributed by atoms with van der Waals surface area (Å²) >= 11 is 0. The summed E-state index contributed by atoms with van der Waals surface area (Å²) in [6.07, 6.45) is 2.56. The number of rotatable bonds is 6. The van der Waals surface area contributed by atoms with E-state index in [-0.39, 0.29) is 5.91 Å². The topological polar surface area (TPSA) is 66.5 Å². The van der Waals surface area contributed by atoms with Crippen LogP contribution < -0.4 is 15.5 Å². The summed E-state index contributed by atoms with van der Waals surface area (Å²) in [5.41, 5.74) is 2.74. The Labute approximate surface area is 148 Å². The lowest BCUT2D eigenvalue weighted by Gasteiger charge is -2.28. The van der Waals surface area contributed by atoms with Gasteiger partial charge in [0.15, 0.2) is 0 Å². The van der Waals surface area contributed by atoms with Gasteiger partial charge in [-0.1, -0.05) is 6.92 Å². The van der Waals surface area contributed by atoms with Gasteiger partial charge in [-0.15, -0.1) is 0 Å². The summed E-state index contributed by atoms with van der Waals surface area (Å²) < 4.78 is 5.38. The van der Waals surface area contributed by atoms with Crippen molar-refractivity contribution in [2.75, 3.05) is 43.1 Å². The molecule has 0 aliphatic carbocycles. The second-order valence-corrected chi connectivity index (χ2v) is 5.96. The second kappa shape index (κ2) is 8.48. The molecule has 0 atom stereocenters. The van der Waals surface area contributed by atoms with Gasteiger partial charge in [-0.2, -0.15) is 0 Å². The predicted octanol–water partition coefficient (Wildman–Crippen LogP) is 2.80. The lowest BCUT2D eigenvalue weighted by Crippen LogP contribution is -2.36. The largest absolute Gasteiger partial charge is 0.378 e. The zero-order valence-electron chi connectivity index (χ0n) is 14.5. The van der Waals surface area contributed by atoms with E-state index in [1.165, 1.54) is 5.69 Å². The molecular formula is C19H24N4O2. The van der Waals surface area contributed by atoms with Crippen LogP contribution in [0.4, 0.5) is 17.2 Å². The van der Waals surface area contributed by atoms with Crippen molar-refractivity contribution in [3.63, 3.8) is 0 Å². The maximum absolute atomic E-state index is 12.0. The zero-order chi connectivity index (χ0) is 17.5. The van der Waals surface area contributed by atoms with Crippen molar-refractivity contribution in [3.05, 3.63) is 48.2 Å². The molecule has 1 saturated heterocycles. The number of hydrogen-bond donors (Lipinski definition) is 2. The molecule has 2 heterocycles. The highest BCUT2D eigenvalue weighted by atomic mass is 16.5. The van der Waals surface area contributed by atoms with Gasteiger partial charge in [0.1, 0.15) is 5.82 Å². The summed E-state index contributed by atoms with van der Waals surface area (Å²) in [4.78, 5) is 18.6. The fourth-order valence-corrected chi connectivity index (χ4v) is 2.71. The van der Waals surface area contributed by atoms with E-state index < -0.39 is 0 Å². The smallest absolute Gasteiger partial charge is 0.251 e. The monoisotopic (exact) mass is 340 g/mol. The lowest BCUT2D eigenvalue weighted by atomic mass is 10.2. The first-order valence-corrected chi connectivity index (χ1v) is 8.70. The van der Waals surface area contributed by atoms with Crippen molar-refractivity contribution in [2.24, 2.45) is 0 Å². The molecule has 0 radical (unpaired) electrons. The molecule has 1 aromatic heterocycles. The molecule has 2 aromatic rings. The molecule has 1 aliphatic heterocycles. The van der Waals surface area contributed by atoms with Crippen LogP contribution in [0.5, 0.6) is 0 Å². The fourth-order valence-electron chi connectivity index (χ4n) is 2.71. The number of nitrogens with zero attached hydrogens (tertiary/aromatic N) is 2. The van der Waals surface area contributed by atoms with Gasteiger partial charge in [0, 0.05) is 42.8 Å². The average Bonchev–Trinajstić information content (AvgIpc) is 2.67. The lowest BCUT2D eigenvalue weighted by molar-refractivity contribution is 0.0953. The van der Waals surface area contributed by atoms with Gasteiger partial charge in [-0.3, -0.25) is 4.79 Å². The Morgan fingerprint density at radius 1 is 1.20 bits per heavy atom. The molecule has 1 fully saturated rings. The van der Waals surface area contributed by atoms with Gasteiger partial charge in [0.05, 0.1) is 13.2 Å². The Balaban J connectivity index is 1.64. The molecule has 0 unspecified atom stereocenters.